The standard InChI is InChI=1S/C16H16N2O3S2/c1-10-4-5-11(2)12(6-10)7-14-17-16(21-18-14)13-8-15(22-9-13)23(3,19)20/h4-6,8-9H,7H2,1-3H3. The molecule has 0 aliphatic rings. The third-order valence-corrected chi connectivity index (χ3v) is 6.28. The van der Waals surface area contributed by atoms with Crippen molar-refractivity contribution in [1.29, 1.82) is 0 Å². The Bertz CT molecular complexity index is 955. The van der Waals surface area contributed by atoms with Gasteiger partial charge in [0.1, 0.15) is 4.21 Å². The molecule has 0 radical (unpaired) electrons. The van der Waals surface area contributed by atoms with Crippen molar-refractivity contribution in [3.8, 4) is 11.5 Å². The summed E-state index contributed by atoms with van der Waals surface area (Å²) in [4.78, 5) is 4.38. The summed E-state index contributed by atoms with van der Waals surface area (Å²) in [5, 5.41) is 5.71. The fourth-order valence-corrected chi connectivity index (χ4v) is 4.02. The SMILES string of the molecule is Cc1ccc(C)c(Cc2noc(-c3csc(S(C)(=O)=O)c3)n2)c1. The molecule has 0 saturated heterocycles. The van der Waals surface area contributed by atoms with Gasteiger partial charge in [-0.05, 0) is 31.0 Å². The Hall–Kier alpha value is -1.99. The Kier molecular flexibility index (Phi) is 4.08. The van der Waals surface area contributed by atoms with E-state index in [0.717, 1.165) is 16.9 Å². The lowest BCUT2D eigenvalue weighted by atomic mass is 10.0. The van der Waals surface area contributed by atoms with Crippen LogP contribution >= 0.6 is 11.3 Å². The lowest BCUT2D eigenvalue weighted by Gasteiger charge is -2.03. The molecule has 3 rings (SSSR count). The second kappa shape index (κ2) is 5.90. The summed E-state index contributed by atoms with van der Waals surface area (Å²) >= 11 is 1.15. The minimum absolute atomic E-state index is 0.293. The van der Waals surface area contributed by atoms with Gasteiger partial charge in [0.25, 0.3) is 5.89 Å². The first-order valence-corrected chi connectivity index (χ1v) is 9.78. The summed E-state index contributed by atoms with van der Waals surface area (Å²) in [7, 11) is -3.21. The smallest absolute Gasteiger partial charge is 0.258 e. The van der Waals surface area contributed by atoms with Crippen LogP contribution in [-0.2, 0) is 16.3 Å². The maximum atomic E-state index is 11.5. The Morgan fingerprint density at radius 2 is 2.00 bits per heavy atom. The molecule has 0 fully saturated rings. The highest BCUT2D eigenvalue weighted by Gasteiger charge is 2.16. The average Bonchev–Trinajstić information content (AvgIpc) is 3.10. The molecule has 120 valence electrons. The molecule has 0 aliphatic heterocycles. The van der Waals surface area contributed by atoms with Crippen LogP contribution in [0, 0.1) is 13.8 Å². The molecule has 0 atom stereocenters. The number of rotatable bonds is 4. The van der Waals surface area contributed by atoms with Crippen molar-refractivity contribution in [2.75, 3.05) is 6.26 Å². The molecule has 0 unspecified atom stereocenters. The van der Waals surface area contributed by atoms with E-state index in [9.17, 15) is 8.42 Å². The molecule has 0 N–H and O–H groups in total. The first-order valence-electron chi connectivity index (χ1n) is 7.00. The van der Waals surface area contributed by atoms with Gasteiger partial charge in [0.15, 0.2) is 15.7 Å². The summed E-state index contributed by atoms with van der Waals surface area (Å²) in [6.07, 6.45) is 1.77. The molecule has 0 saturated carbocycles. The zero-order valence-corrected chi connectivity index (χ0v) is 14.7. The van der Waals surface area contributed by atoms with Gasteiger partial charge in [-0.3, -0.25) is 0 Å². The molecular weight excluding hydrogens is 332 g/mol. The van der Waals surface area contributed by atoms with E-state index in [1.54, 1.807) is 11.4 Å². The molecule has 23 heavy (non-hydrogen) atoms. The van der Waals surface area contributed by atoms with Crippen LogP contribution in [0.5, 0.6) is 0 Å². The van der Waals surface area contributed by atoms with Gasteiger partial charge in [-0.1, -0.05) is 28.9 Å². The van der Waals surface area contributed by atoms with Crippen LogP contribution in [0.1, 0.15) is 22.5 Å². The molecule has 5 nitrogen and oxygen atoms in total. The highest BCUT2D eigenvalue weighted by atomic mass is 32.2. The summed E-state index contributed by atoms with van der Waals surface area (Å²) < 4.78 is 28.6. The van der Waals surface area contributed by atoms with E-state index in [-0.39, 0.29) is 0 Å². The lowest BCUT2D eigenvalue weighted by Crippen LogP contribution is -1.94. The number of hydrogen-bond donors (Lipinski definition) is 0. The van der Waals surface area contributed by atoms with Crippen molar-refractivity contribution in [3.05, 3.63) is 52.2 Å². The van der Waals surface area contributed by atoms with E-state index in [1.807, 2.05) is 13.8 Å². The molecule has 1 aromatic carbocycles. The number of nitrogens with zero attached hydrogens (tertiary/aromatic N) is 2. The minimum atomic E-state index is -3.21. The molecule has 2 aromatic heterocycles. The zero-order valence-electron chi connectivity index (χ0n) is 13.0. The fourth-order valence-electron chi connectivity index (χ4n) is 2.23. The highest BCUT2D eigenvalue weighted by Crippen LogP contribution is 2.27. The predicted molar refractivity (Wildman–Crippen MR) is 89.4 cm³/mol. The average molecular weight is 348 g/mol. The summed E-state index contributed by atoms with van der Waals surface area (Å²) in [5.41, 5.74) is 4.15. The van der Waals surface area contributed by atoms with Crippen LogP contribution in [0.2, 0.25) is 0 Å². The minimum Gasteiger partial charge on any atom is -0.334 e. The van der Waals surface area contributed by atoms with Crippen LogP contribution in [0.25, 0.3) is 11.5 Å². The van der Waals surface area contributed by atoms with Crippen molar-refractivity contribution in [2.24, 2.45) is 0 Å². The van der Waals surface area contributed by atoms with Crippen LogP contribution in [0.4, 0.5) is 0 Å². The molecule has 2 heterocycles. The van der Waals surface area contributed by atoms with Gasteiger partial charge in [-0.2, -0.15) is 4.98 Å². The molecule has 0 aliphatic carbocycles. The first-order chi connectivity index (χ1) is 10.8. The van der Waals surface area contributed by atoms with Crippen molar-refractivity contribution in [2.45, 2.75) is 24.5 Å². The summed E-state index contributed by atoms with van der Waals surface area (Å²) in [6.45, 7) is 4.09. The van der Waals surface area contributed by atoms with E-state index in [2.05, 4.69) is 28.3 Å². The van der Waals surface area contributed by atoms with Crippen molar-refractivity contribution in [1.82, 2.24) is 10.1 Å². The Morgan fingerprint density at radius 1 is 1.22 bits per heavy atom. The van der Waals surface area contributed by atoms with E-state index < -0.39 is 9.84 Å². The largest absolute Gasteiger partial charge is 0.334 e. The van der Waals surface area contributed by atoms with Gasteiger partial charge >= 0.3 is 0 Å². The fraction of sp³-hybridized carbons (Fsp3) is 0.250. The van der Waals surface area contributed by atoms with Crippen molar-refractivity contribution < 1.29 is 12.9 Å². The summed E-state index contributed by atoms with van der Waals surface area (Å²) in [5.74, 6) is 0.928. The first kappa shape index (κ1) is 15.9. The molecule has 3 aromatic rings. The zero-order chi connectivity index (χ0) is 16.6. The second-order valence-corrected chi connectivity index (χ2v) is 8.70. The van der Waals surface area contributed by atoms with Crippen molar-refractivity contribution in [3.63, 3.8) is 0 Å². The molecular formula is C16H16N2O3S2. The molecule has 0 bridgehead atoms. The molecule has 7 heteroatoms. The van der Waals surface area contributed by atoms with Crippen molar-refractivity contribution >= 4 is 21.2 Å². The van der Waals surface area contributed by atoms with E-state index >= 15 is 0 Å². The van der Waals surface area contributed by atoms with Gasteiger partial charge in [-0.25, -0.2) is 8.42 Å². The third kappa shape index (κ3) is 3.51. The number of sulfone groups is 1. The second-order valence-electron chi connectivity index (χ2n) is 5.55. The summed E-state index contributed by atoms with van der Waals surface area (Å²) in [6, 6.07) is 7.81. The van der Waals surface area contributed by atoms with Crippen LogP contribution in [0.15, 0.2) is 38.4 Å². The van der Waals surface area contributed by atoms with E-state index in [1.165, 1.54) is 17.4 Å². The lowest BCUT2D eigenvalue weighted by molar-refractivity contribution is 0.424. The number of thiophene rings is 1. The van der Waals surface area contributed by atoms with Gasteiger partial charge in [0.05, 0.1) is 5.56 Å². The third-order valence-electron chi connectivity index (χ3n) is 3.51. The van der Waals surface area contributed by atoms with Crippen LogP contribution in [-0.4, -0.2) is 24.8 Å². The van der Waals surface area contributed by atoms with Gasteiger partial charge < -0.3 is 4.52 Å². The topological polar surface area (TPSA) is 73.1 Å². The number of aryl methyl sites for hydroxylation is 2. The Balaban J connectivity index is 1.86. The van der Waals surface area contributed by atoms with Gasteiger partial charge in [0.2, 0.25) is 0 Å². The normalized spacial score (nSPS) is 11.8. The Labute approximate surface area is 138 Å². The number of hydrogen-bond acceptors (Lipinski definition) is 6. The monoisotopic (exact) mass is 348 g/mol. The van der Waals surface area contributed by atoms with Crippen LogP contribution < -0.4 is 0 Å². The Morgan fingerprint density at radius 3 is 2.70 bits per heavy atom. The van der Waals surface area contributed by atoms with E-state index in [0.29, 0.717) is 27.9 Å². The van der Waals surface area contributed by atoms with E-state index in [4.69, 9.17) is 4.52 Å². The maximum Gasteiger partial charge on any atom is 0.258 e. The quantitative estimate of drug-likeness (QED) is 0.722. The highest BCUT2D eigenvalue weighted by molar-refractivity contribution is 7.92. The predicted octanol–water partition coefficient (Wildman–Crippen LogP) is 3.41. The number of aromatic nitrogens is 2. The molecule has 0 amide bonds. The van der Waals surface area contributed by atoms with Crippen LogP contribution in [0.3, 0.4) is 0 Å². The number of benzene rings is 1. The maximum absolute atomic E-state index is 11.5. The molecule has 0 spiro atoms. The van der Waals surface area contributed by atoms with Gasteiger partial charge in [0, 0.05) is 18.1 Å². The van der Waals surface area contributed by atoms with Gasteiger partial charge in [-0.15, -0.1) is 11.3 Å².